The zero-order valence-corrected chi connectivity index (χ0v) is 12.0. The molecule has 2 saturated carbocycles. The highest BCUT2D eigenvalue weighted by Gasteiger charge is 2.46. The minimum atomic E-state index is -1.51. The highest BCUT2D eigenvalue weighted by Crippen LogP contribution is 2.48. The highest BCUT2D eigenvalue weighted by molar-refractivity contribution is 6.74. The SMILES string of the molecule is CC(C)(C)[Si](C)(C)OC1CC2CCC1C2. The standard InChI is InChI=1S/C13H26OSi/c1-13(2,3)15(4,5)14-12-9-10-6-7-11(12)8-10/h10-12H,6-9H2,1-5H3. The van der Waals surface area contributed by atoms with Crippen LogP contribution >= 0.6 is 0 Å². The van der Waals surface area contributed by atoms with Gasteiger partial charge >= 0.3 is 0 Å². The number of hydrogen-bond donors (Lipinski definition) is 0. The van der Waals surface area contributed by atoms with Crippen molar-refractivity contribution in [2.45, 2.75) is 70.7 Å². The van der Waals surface area contributed by atoms with Crippen molar-refractivity contribution >= 4 is 8.32 Å². The predicted molar refractivity (Wildman–Crippen MR) is 67.5 cm³/mol. The number of hydrogen-bond acceptors (Lipinski definition) is 1. The van der Waals surface area contributed by atoms with E-state index in [9.17, 15) is 0 Å². The van der Waals surface area contributed by atoms with Gasteiger partial charge in [0.25, 0.3) is 0 Å². The Hall–Kier alpha value is 0.177. The van der Waals surface area contributed by atoms with Crippen LogP contribution in [0.25, 0.3) is 0 Å². The van der Waals surface area contributed by atoms with Crippen LogP contribution in [-0.4, -0.2) is 14.4 Å². The van der Waals surface area contributed by atoms with Crippen LogP contribution in [0.2, 0.25) is 18.1 Å². The molecule has 2 aliphatic rings. The molecule has 2 heteroatoms. The molecule has 2 rings (SSSR count). The molecule has 0 heterocycles. The molecule has 0 amide bonds. The molecule has 88 valence electrons. The van der Waals surface area contributed by atoms with Crippen molar-refractivity contribution in [3.05, 3.63) is 0 Å². The summed E-state index contributed by atoms with van der Waals surface area (Å²) >= 11 is 0. The van der Waals surface area contributed by atoms with Crippen LogP contribution in [0.5, 0.6) is 0 Å². The Balaban J connectivity index is 1.97. The lowest BCUT2D eigenvalue weighted by molar-refractivity contribution is 0.122. The average molecular weight is 226 g/mol. The lowest BCUT2D eigenvalue weighted by atomic mass is 9.98. The molecular formula is C13H26OSi. The van der Waals surface area contributed by atoms with Crippen LogP contribution < -0.4 is 0 Å². The van der Waals surface area contributed by atoms with E-state index in [2.05, 4.69) is 33.9 Å². The van der Waals surface area contributed by atoms with Gasteiger partial charge in [-0.3, -0.25) is 0 Å². The second-order valence-corrected chi connectivity index (χ2v) is 11.8. The summed E-state index contributed by atoms with van der Waals surface area (Å²) in [5.74, 6) is 1.91. The molecule has 2 fully saturated rings. The largest absolute Gasteiger partial charge is 0.414 e. The fourth-order valence-electron chi connectivity index (χ4n) is 2.89. The summed E-state index contributed by atoms with van der Waals surface area (Å²) < 4.78 is 6.54. The fraction of sp³-hybridized carbons (Fsp3) is 1.00. The first-order chi connectivity index (χ1) is 6.79. The van der Waals surface area contributed by atoms with Gasteiger partial charge in [-0.05, 0) is 55.7 Å². The van der Waals surface area contributed by atoms with E-state index in [4.69, 9.17) is 4.43 Å². The molecule has 3 unspecified atom stereocenters. The van der Waals surface area contributed by atoms with Crippen molar-refractivity contribution in [1.29, 1.82) is 0 Å². The van der Waals surface area contributed by atoms with E-state index in [1.54, 1.807) is 0 Å². The van der Waals surface area contributed by atoms with E-state index in [1.807, 2.05) is 0 Å². The summed E-state index contributed by atoms with van der Waals surface area (Å²) in [5.41, 5.74) is 0. The Bertz CT molecular complexity index is 241. The summed E-state index contributed by atoms with van der Waals surface area (Å²) in [4.78, 5) is 0. The van der Waals surface area contributed by atoms with Crippen LogP contribution in [0.15, 0.2) is 0 Å². The molecule has 1 nitrogen and oxygen atoms in total. The molecular weight excluding hydrogens is 200 g/mol. The van der Waals surface area contributed by atoms with Crippen molar-refractivity contribution < 1.29 is 4.43 Å². The van der Waals surface area contributed by atoms with Crippen LogP contribution in [0.4, 0.5) is 0 Å². The molecule has 0 radical (unpaired) electrons. The quantitative estimate of drug-likeness (QED) is 0.641. The van der Waals surface area contributed by atoms with Crippen molar-refractivity contribution in [2.75, 3.05) is 0 Å². The second-order valence-electron chi connectivity index (χ2n) is 7.09. The van der Waals surface area contributed by atoms with E-state index in [1.165, 1.54) is 25.7 Å². The van der Waals surface area contributed by atoms with Gasteiger partial charge in [0.15, 0.2) is 8.32 Å². The highest BCUT2D eigenvalue weighted by atomic mass is 28.4. The topological polar surface area (TPSA) is 9.23 Å². The smallest absolute Gasteiger partial charge is 0.192 e. The van der Waals surface area contributed by atoms with E-state index in [-0.39, 0.29) is 0 Å². The first-order valence-electron chi connectivity index (χ1n) is 6.47. The van der Waals surface area contributed by atoms with Gasteiger partial charge in [0.2, 0.25) is 0 Å². The molecule has 0 aromatic rings. The Labute approximate surface area is 95.7 Å². The monoisotopic (exact) mass is 226 g/mol. The Morgan fingerprint density at radius 2 is 1.73 bits per heavy atom. The summed E-state index contributed by atoms with van der Waals surface area (Å²) in [6, 6.07) is 0. The van der Waals surface area contributed by atoms with Crippen molar-refractivity contribution in [1.82, 2.24) is 0 Å². The third-order valence-corrected chi connectivity index (χ3v) is 9.43. The molecule has 0 spiro atoms. The van der Waals surface area contributed by atoms with E-state index in [0.29, 0.717) is 11.1 Å². The minimum Gasteiger partial charge on any atom is -0.414 e. The second kappa shape index (κ2) is 3.59. The lowest BCUT2D eigenvalue weighted by Crippen LogP contribution is -2.45. The molecule has 0 aromatic heterocycles. The van der Waals surface area contributed by atoms with Gasteiger partial charge in [0, 0.05) is 6.10 Å². The normalized spacial score (nSPS) is 36.2. The number of rotatable bonds is 2. The molecule has 0 aliphatic heterocycles. The zero-order valence-electron chi connectivity index (χ0n) is 11.0. The maximum absolute atomic E-state index is 6.54. The van der Waals surface area contributed by atoms with Gasteiger partial charge in [0.1, 0.15) is 0 Å². The molecule has 2 bridgehead atoms. The number of fused-ring (bicyclic) bond motifs is 2. The van der Waals surface area contributed by atoms with Gasteiger partial charge in [-0.1, -0.05) is 20.8 Å². The van der Waals surface area contributed by atoms with Gasteiger partial charge in [-0.15, -0.1) is 0 Å². The van der Waals surface area contributed by atoms with Crippen LogP contribution in [0, 0.1) is 11.8 Å². The lowest BCUT2D eigenvalue weighted by Gasteiger charge is -2.40. The fourth-order valence-corrected chi connectivity index (χ4v) is 4.29. The Morgan fingerprint density at radius 3 is 2.13 bits per heavy atom. The van der Waals surface area contributed by atoms with Crippen molar-refractivity contribution in [2.24, 2.45) is 11.8 Å². The average Bonchev–Trinajstić information content (AvgIpc) is 2.61. The maximum Gasteiger partial charge on any atom is 0.192 e. The summed E-state index contributed by atoms with van der Waals surface area (Å²) in [6.45, 7) is 11.8. The van der Waals surface area contributed by atoms with E-state index >= 15 is 0 Å². The van der Waals surface area contributed by atoms with Crippen LogP contribution in [0.3, 0.4) is 0 Å². The third kappa shape index (κ3) is 2.16. The maximum atomic E-state index is 6.54. The van der Waals surface area contributed by atoms with Gasteiger partial charge in [-0.25, -0.2) is 0 Å². The molecule has 15 heavy (non-hydrogen) atoms. The van der Waals surface area contributed by atoms with Crippen LogP contribution in [-0.2, 0) is 4.43 Å². The minimum absolute atomic E-state index is 0.370. The van der Waals surface area contributed by atoms with Gasteiger partial charge in [0.05, 0.1) is 0 Å². The van der Waals surface area contributed by atoms with Crippen molar-refractivity contribution in [3.63, 3.8) is 0 Å². The Kier molecular flexibility index (Phi) is 2.79. The first kappa shape index (κ1) is 11.7. The molecule has 2 aliphatic carbocycles. The van der Waals surface area contributed by atoms with Gasteiger partial charge < -0.3 is 4.43 Å². The first-order valence-corrected chi connectivity index (χ1v) is 9.38. The predicted octanol–water partition coefficient (Wildman–Crippen LogP) is 4.20. The zero-order chi connectivity index (χ0) is 11.3. The third-order valence-electron chi connectivity index (χ3n) is 4.93. The molecule has 0 N–H and O–H groups in total. The van der Waals surface area contributed by atoms with E-state index < -0.39 is 8.32 Å². The molecule has 3 atom stereocenters. The molecule has 0 aromatic carbocycles. The van der Waals surface area contributed by atoms with Crippen molar-refractivity contribution in [3.8, 4) is 0 Å². The Morgan fingerprint density at radius 1 is 1.07 bits per heavy atom. The van der Waals surface area contributed by atoms with Crippen LogP contribution in [0.1, 0.15) is 46.5 Å². The van der Waals surface area contributed by atoms with E-state index in [0.717, 1.165) is 11.8 Å². The summed E-state index contributed by atoms with van der Waals surface area (Å²) in [7, 11) is -1.51. The summed E-state index contributed by atoms with van der Waals surface area (Å²) in [5, 5.41) is 0.370. The molecule has 0 saturated heterocycles. The summed E-state index contributed by atoms with van der Waals surface area (Å²) in [6.07, 6.45) is 6.34. The van der Waals surface area contributed by atoms with Gasteiger partial charge in [-0.2, -0.15) is 0 Å².